The molecule has 0 saturated heterocycles. The molecule has 1 aromatic carbocycles. The number of hydrogen-bond donors (Lipinski definition) is 2. The first-order valence-corrected chi connectivity index (χ1v) is 11.8. The fourth-order valence-electron chi connectivity index (χ4n) is 4.74. The highest BCUT2D eigenvalue weighted by Crippen LogP contribution is 2.49. The maximum atomic E-state index is 13.6. The number of allylic oxidation sites excluding steroid dienone is 3. The number of amides is 1. The fraction of sp³-hybridized carbons (Fsp3) is 0.346. The Morgan fingerprint density at radius 2 is 1.94 bits per heavy atom. The van der Waals surface area contributed by atoms with Gasteiger partial charge in [0.15, 0.2) is 5.78 Å². The standard InChI is InChI=1S/C26H28BrN3O4/c1-14-22(25(32)30-21-9-6-15(27)13-28-21)23(17-8-7-16(33-4)10-20(17)34-5)24-18(29-14)11-26(2,3)12-19(24)31/h6-10,13,23,29H,11-12H2,1-5H3,(H,28,30,32)/t23-/m1/s1. The van der Waals surface area contributed by atoms with E-state index in [4.69, 9.17) is 9.47 Å². The number of hydrogen-bond acceptors (Lipinski definition) is 6. The molecule has 0 bridgehead atoms. The van der Waals surface area contributed by atoms with E-state index < -0.39 is 5.92 Å². The van der Waals surface area contributed by atoms with Gasteiger partial charge >= 0.3 is 0 Å². The Kier molecular flexibility index (Phi) is 6.53. The number of pyridine rings is 1. The highest BCUT2D eigenvalue weighted by atomic mass is 79.9. The Bertz CT molecular complexity index is 1220. The second-order valence-electron chi connectivity index (χ2n) is 9.35. The molecular formula is C26H28BrN3O4. The number of aromatic nitrogens is 1. The third-order valence-electron chi connectivity index (χ3n) is 6.20. The molecule has 8 heteroatoms. The number of ether oxygens (including phenoxy) is 2. The molecule has 1 atom stereocenters. The van der Waals surface area contributed by atoms with E-state index in [1.165, 1.54) is 0 Å². The molecular weight excluding hydrogens is 498 g/mol. The average Bonchev–Trinajstić information content (AvgIpc) is 2.78. The van der Waals surface area contributed by atoms with E-state index in [-0.39, 0.29) is 17.1 Å². The SMILES string of the molecule is COc1ccc([C@@H]2C(C(=O)Nc3ccc(Br)cn3)=C(C)NC3=C2C(=O)CC(C)(C)C3)c(OC)c1. The highest BCUT2D eigenvalue weighted by molar-refractivity contribution is 9.10. The lowest BCUT2D eigenvalue weighted by Crippen LogP contribution is -2.39. The second-order valence-corrected chi connectivity index (χ2v) is 10.3. The van der Waals surface area contributed by atoms with Crippen molar-refractivity contribution >= 4 is 33.4 Å². The molecule has 178 valence electrons. The van der Waals surface area contributed by atoms with E-state index in [0.29, 0.717) is 47.0 Å². The summed E-state index contributed by atoms with van der Waals surface area (Å²) in [5.41, 5.74) is 3.20. The number of carbonyl (C=O) groups excluding carboxylic acids is 2. The first kappa shape index (κ1) is 24.0. The van der Waals surface area contributed by atoms with Gasteiger partial charge < -0.3 is 20.1 Å². The molecule has 2 N–H and O–H groups in total. The van der Waals surface area contributed by atoms with Gasteiger partial charge in [-0.2, -0.15) is 0 Å². The lowest BCUT2D eigenvalue weighted by molar-refractivity contribution is -0.118. The third-order valence-corrected chi connectivity index (χ3v) is 6.67. The minimum atomic E-state index is -0.587. The summed E-state index contributed by atoms with van der Waals surface area (Å²) in [6, 6.07) is 8.98. The van der Waals surface area contributed by atoms with Crippen LogP contribution in [0, 0.1) is 5.41 Å². The van der Waals surface area contributed by atoms with Crippen molar-refractivity contribution in [3.8, 4) is 11.5 Å². The topological polar surface area (TPSA) is 89.5 Å². The molecule has 1 amide bonds. The molecule has 0 fully saturated rings. The van der Waals surface area contributed by atoms with E-state index in [1.54, 1.807) is 38.6 Å². The minimum Gasteiger partial charge on any atom is -0.497 e. The van der Waals surface area contributed by atoms with Crippen molar-refractivity contribution in [2.24, 2.45) is 5.41 Å². The number of halogens is 1. The maximum absolute atomic E-state index is 13.6. The Morgan fingerprint density at radius 1 is 1.18 bits per heavy atom. The number of anilines is 1. The van der Waals surface area contributed by atoms with Gasteiger partial charge in [-0.1, -0.05) is 19.9 Å². The van der Waals surface area contributed by atoms with Crippen molar-refractivity contribution in [1.82, 2.24) is 10.3 Å². The van der Waals surface area contributed by atoms with Crippen LogP contribution >= 0.6 is 15.9 Å². The number of nitrogens with zero attached hydrogens (tertiary/aromatic N) is 1. The van der Waals surface area contributed by atoms with Crippen LogP contribution in [-0.4, -0.2) is 30.9 Å². The van der Waals surface area contributed by atoms with Gasteiger partial charge in [-0.05, 0) is 52.9 Å². The molecule has 34 heavy (non-hydrogen) atoms. The van der Waals surface area contributed by atoms with E-state index >= 15 is 0 Å². The number of dihydropyridines is 1. The Hall–Kier alpha value is -3.13. The fourth-order valence-corrected chi connectivity index (χ4v) is 4.97. The molecule has 2 aromatic rings. The molecule has 1 aliphatic carbocycles. The molecule has 1 aliphatic heterocycles. The smallest absolute Gasteiger partial charge is 0.255 e. The Balaban J connectivity index is 1.85. The van der Waals surface area contributed by atoms with Crippen molar-refractivity contribution in [3.63, 3.8) is 0 Å². The number of nitrogens with one attached hydrogen (secondary N) is 2. The number of Topliss-reactive ketones (excluding diaryl/α,β-unsaturated/α-hetero) is 1. The molecule has 7 nitrogen and oxygen atoms in total. The summed E-state index contributed by atoms with van der Waals surface area (Å²) in [6.07, 6.45) is 2.74. The van der Waals surface area contributed by atoms with Crippen molar-refractivity contribution in [1.29, 1.82) is 0 Å². The summed E-state index contributed by atoms with van der Waals surface area (Å²) in [5.74, 6) is 0.718. The van der Waals surface area contributed by atoms with Crippen molar-refractivity contribution in [2.45, 2.75) is 39.5 Å². The van der Waals surface area contributed by atoms with Gasteiger partial charge in [0.1, 0.15) is 17.3 Å². The summed E-state index contributed by atoms with van der Waals surface area (Å²) < 4.78 is 11.9. The lowest BCUT2D eigenvalue weighted by Gasteiger charge is -2.40. The van der Waals surface area contributed by atoms with E-state index in [9.17, 15) is 9.59 Å². The summed E-state index contributed by atoms with van der Waals surface area (Å²) in [6.45, 7) is 6.03. The van der Waals surface area contributed by atoms with Crippen LogP contribution < -0.4 is 20.1 Å². The summed E-state index contributed by atoms with van der Waals surface area (Å²) >= 11 is 3.36. The predicted molar refractivity (Wildman–Crippen MR) is 134 cm³/mol. The summed E-state index contributed by atoms with van der Waals surface area (Å²) in [7, 11) is 3.16. The van der Waals surface area contributed by atoms with Crippen molar-refractivity contribution < 1.29 is 19.1 Å². The third kappa shape index (κ3) is 4.59. The van der Waals surface area contributed by atoms with Gasteiger partial charge in [0.2, 0.25) is 0 Å². The predicted octanol–water partition coefficient (Wildman–Crippen LogP) is 5.10. The van der Waals surface area contributed by atoms with Crippen LogP contribution in [0.15, 0.2) is 63.5 Å². The van der Waals surface area contributed by atoms with Crippen LogP contribution in [0.3, 0.4) is 0 Å². The van der Waals surface area contributed by atoms with Crippen LogP contribution in [0.25, 0.3) is 0 Å². The Morgan fingerprint density at radius 3 is 2.59 bits per heavy atom. The molecule has 0 unspecified atom stereocenters. The minimum absolute atomic E-state index is 0.0289. The zero-order valence-electron chi connectivity index (χ0n) is 19.9. The summed E-state index contributed by atoms with van der Waals surface area (Å²) in [4.78, 5) is 31.4. The van der Waals surface area contributed by atoms with Gasteiger partial charge in [-0.3, -0.25) is 9.59 Å². The quantitative estimate of drug-likeness (QED) is 0.564. The van der Waals surface area contributed by atoms with Crippen LogP contribution in [0.2, 0.25) is 0 Å². The van der Waals surface area contributed by atoms with Crippen LogP contribution in [0.4, 0.5) is 5.82 Å². The molecule has 0 saturated carbocycles. The largest absolute Gasteiger partial charge is 0.497 e. The number of ketones is 1. The van der Waals surface area contributed by atoms with Crippen molar-refractivity contribution in [3.05, 3.63) is 69.1 Å². The van der Waals surface area contributed by atoms with Gasteiger partial charge in [0.25, 0.3) is 5.91 Å². The zero-order chi connectivity index (χ0) is 24.6. The molecule has 2 aliphatic rings. The first-order valence-electron chi connectivity index (χ1n) is 11.0. The lowest BCUT2D eigenvalue weighted by atomic mass is 9.68. The van der Waals surface area contributed by atoms with Crippen LogP contribution in [0.1, 0.15) is 45.1 Å². The molecule has 4 rings (SSSR count). The van der Waals surface area contributed by atoms with Crippen LogP contribution in [-0.2, 0) is 9.59 Å². The van der Waals surface area contributed by atoms with Gasteiger partial charge in [0, 0.05) is 51.3 Å². The normalized spacial score (nSPS) is 19.4. The summed E-state index contributed by atoms with van der Waals surface area (Å²) in [5, 5.41) is 6.26. The Labute approximate surface area is 207 Å². The molecule has 2 heterocycles. The number of methoxy groups -OCH3 is 2. The van der Waals surface area contributed by atoms with Crippen LogP contribution in [0.5, 0.6) is 11.5 Å². The molecule has 0 spiro atoms. The van der Waals surface area contributed by atoms with Crippen molar-refractivity contribution in [2.75, 3.05) is 19.5 Å². The average molecular weight is 526 g/mol. The maximum Gasteiger partial charge on any atom is 0.255 e. The van der Waals surface area contributed by atoms with E-state index in [2.05, 4.69) is 45.4 Å². The number of benzene rings is 1. The molecule has 1 aromatic heterocycles. The van der Waals surface area contributed by atoms with Gasteiger partial charge in [-0.15, -0.1) is 0 Å². The molecule has 0 radical (unpaired) electrons. The highest BCUT2D eigenvalue weighted by Gasteiger charge is 2.43. The second kappa shape index (κ2) is 9.25. The monoisotopic (exact) mass is 525 g/mol. The van der Waals surface area contributed by atoms with E-state index in [1.807, 2.05) is 19.1 Å². The first-order chi connectivity index (χ1) is 16.1. The van der Waals surface area contributed by atoms with Gasteiger partial charge in [-0.25, -0.2) is 4.98 Å². The number of carbonyl (C=O) groups is 2. The zero-order valence-corrected chi connectivity index (χ0v) is 21.5. The van der Waals surface area contributed by atoms with Gasteiger partial charge in [0.05, 0.1) is 20.1 Å². The van der Waals surface area contributed by atoms with E-state index in [0.717, 1.165) is 15.7 Å². The number of rotatable bonds is 5.